The van der Waals surface area contributed by atoms with E-state index in [4.69, 9.17) is 9.47 Å². The predicted octanol–water partition coefficient (Wildman–Crippen LogP) is 3.09. The zero-order valence-electron chi connectivity index (χ0n) is 14.5. The highest BCUT2D eigenvalue weighted by atomic mass is 32.2. The van der Waals surface area contributed by atoms with Gasteiger partial charge >= 0.3 is 0 Å². The molecule has 0 saturated carbocycles. The number of aryl methyl sites for hydroxylation is 1. The van der Waals surface area contributed by atoms with E-state index in [-0.39, 0.29) is 18.2 Å². The molecule has 0 aliphatic carbocycles. The molecule has 1 aliphatic heterocycles. The van der Waals surface area contributed by atoms with Gasteiger partial charge in [-0.15, -0.1) is 0 Å². The summed E-state index contributed by atoms with van der Waals surface area (Å²) < 4.78 is 38.3. The van der Waals surface area contributed by atoms with Crippen LogP contribution in [0.5, 0.6) is 11.5 Å². The second kappa shape index (κ2) is 6.26. The lowest BCUT2D eigenvalue weighted by Gasteiger charge is -2.19. The molecule has 0 amide bonds. The van der Waals surface area contributed by atoms with Crippen molar-refractivity contribution < 1.29 is 17.9 Å². The van der Waals surface area contributed by atoms with Crippen LogP contribution in [0.25, 0.3) is 10.9 Å². The number of hydrogen-bond donors (Lipinski definition) is 0. The number of rotatable bonds is 4. The zero-order valence-corrected chi connectivity index (χ0v) is 15.3. The van der Waals surface area contributed by atoms with Gasteiger partial charge in [-0.3, -0.25) is 4.98 Å². The summed E-state index contributed by atoms with van der Waals surface area (Å²) in [7, 11) is -2.10. The second-order valence-electron chi connectivity index (χ2n) is 6.23. The molecule has 0 unspecified atom stereocenters. The van der Waals surface area contributed by atoms with Gasteiger partial charge in [-0.2, -0.15) is 4.31 Å². The van der Waals surface area contributed by atoms with Crippen molar-refractivity contribution in [2.75, 3.05) is 13.8 Å². The van der Waals surface area contributed by atoms with E-state index in [0.29, 0.717) is 22.4 Å². The summed E-state index contributed by atoms with van der Waals surface area (Å²) in [4.78, 5) is 4.58. The molecular weight excluding hydrogens is 352 g/mol. The van der Waals surface area contributed by atoms with E-state index >= 15 is 0 Å². The Morgan fingerprint density at radius 3 is 2.77 bits per heavy atom. The average molecular weight is 370 g/mol. The number of benzene rings is 2. The minimum Gasteiger partial charge on any atom is -0.454 e. The monoisotopic (exact) mass is 370 g/mol. The van der Waals surface area contributed by atoms with Crippen LogP contribution >= 0.6 is 0 Å². The second-order valence-corrected chi connectivity index (χ2v) is 8.24. The molecule has 0 atom stereocenters. The Bertz CT molecular complexity index is 1100. The minimum absolute atomic E-state index is 0.190. The topological polar surface area (TPSA) is 68.7 Å². The average Bonchev–Trinajstić information content (AvgIpc) is 3.10. The third-order valence-corrected chi connectivity index (χ3v) is 6.32. The highest BCUT2D eigenvalue weighted by Crippen LogP contribution is 2.33. The van der Waals surface area contributed by atoms with Crippen molar-refractivity contribution in [2.45, 2.75) is 18.4 Å². The molecule has 2 aromatic carbocycles. The van der Waals surface area contributed by atoms with Gasteiger partial charge in [0.15, 0.2) is 11.5 Å². The summed E-state index contributed by atoms with van der Waals surface area (Å²) >= 11 is 0. The Hall–Kier alpha value is -2.64. The van der Waals surface area contributed by atoms with Crippen LogP contribution in [0.2, 0.25) is 0 Å². The lowest BCUT2D eigenvalue weighted by molar-refractivity contribution is 0.174. The third-order valence-electron chi connectivity index (χ3n) is 4.46. The van der Waals surface area contributed by atoms with Gasteiger partial charge < -0.3 is 9.47 Å². The summed E-state index contributed by atoms with van der Waals surface area (Å²) in [5.41, 5.74) is 2.47. The van der Waals surface area contributed by atoms with Gasteiger partial charge in [0.2, 0.25) is 16.8 Å². The quantitative estimate of drug-likeness (QED) is 0.706. The van der Waals surface area contributed by atoms with Crippen LogP contribution in [0, 0.1) is 6.92 Å². The first kappa shape index (κ1) is 16.8. The molecule has 0 bridgehead atoms. The third kappa shape index (κ3) is 2.79. The number of sulfonamides is 1. The smallest absolute Gasteiger partial charge is 0.243 e. The van der Waals surface area contributed by atoms with Gasteiger partial charge in [-0.25, -0.2) is 8.42 Å². The number of nitrogens with zero attached hydrogens (tertiary/aromatic N) is 2. The van der Waals surface area contributed by atoms with Crippen LogP contribution < -0.4 is 9.47 Å². The molecule has 134 valence electrons. The van der Waals surface area contributed by atoms with Crippen LogP contribution in [-0.4, -0.2) is 31.5 Å². The maximum atomic E-state index is 13.1. The van der Waals surface area contributed by atoms with Crippen molar-refractivity contribution in [1.82, 2.24) is 9.29 Å². The van der Waals surface area contributed by atoms with Crippen molar-refractivity contribution >= 4 is 20.9 Å². The van der Waals surface area contributed by atoms with Crippen molar-refractivity contribution in [3.63, 3.8) is 0 Å². The SMILES string of the molecule is Cc1ccc(S(=O)(=O)N(C)Cc2ccc3c(c2)OCO3)c2cccnc12. The summed E-state index contributed by atoms with van der Waals surface area (Å²) in [6.07, 6.45) is 1.67. The van der Waals surface area contributed by atoms with E-state index in [1.54, 1.807) is 43.6 Å². The highest BCUT2D eigenvalue weighted by Gasteiger charge is 2.24. The van der Waals surface area contributed by atoms with Crippen LogP contribution in [-0.2, 0) is 16.6 Å². The molecule has 6 nitrogen and oxygen atoms in total. The van der Waals surface area contributed by atoms with Crippen LogP contribution in [0.1, 0.15) is 11.1 Å². The Kier molecular flexibility index (Phi) is 4.05. The van der Waals surface area contributed by atoms with E-state index in [0.717, 1.165) is 11.1 Å². The molecule has 2 heterocycles. The minimum atomic E-state index is -3.67. The number of hydrogen-bond acceptors (Lipinski definition) is 5. The summed E-state index contributed by atoms with van der Waals surface area (Å²) in [6, 6.07) is 12.4. The normalized spacial score (nSPS) is 13.5. The van der Waals surface area contributed by atoms with Crippen molar-refractivity contribution in [3.05, 3.63) is 59.8 Å². The molecule has 26 heavy (non-hydrogen) atoms. The van der Waals surface area contributed by atoms with Gasteiger partial charge in [-0.05, 0) is 48.4 Å². The largest absolute Gasteiger partial charge is 0.454 e. The Balaban J connectivity index is 1.69. The van der Waals surface area contributed by atoms with Crippen molar-refractivity contribution in [2.24, 2.45) is 0 Å². The fourth-order valence-electron chi connectivity index (χ4n) is 3.06. The van der Waals surface area contributed by atoms with Gasteiger partial charge in [-0.1, -0.05) is 12.1 Å². The number of pyridine rings is 1. The lowest BCUT2D eigenvalue weighted by atomic mass is 10.1. The van der Waals surface area contributed by atoms with E-state index in [9.17, 15) is 8.42 Å². The first-order valence-electron chi connectivity index (χ1n) is 8.16. The molecule has 0 radical (unpaired) electrons. The molecule has 0 spiro atoms. The molecule has 0 N–H and O–H groups in total. The number of fused-ring (bicyclic) bond motifs is 2. The number of aromatic nitrogens is 1. The maximum Gasteiger partial charge on any atom is 0.243 e. The Morgan fingerprint density at radius 1 is 1.12 bits per heavy atom. The van der Waals surface area contributed by atoms with Gasteiger partial charge in [0.25, 0.3) is 0 Å². The summed E-state index contributed by atoms with van der Waals surface area (Å²) in [6.45, 7) is 2.34. The van der Waals surface area contributed by atoms with Gasteiger partial charge in [0, 0.05) is 25.2 Å². The fraction of sp³-hybridized carbons (Fsp3) is 0.211. The van der Waals surface area contributed by atoms with E-state index in [1.165, 1.54) is 4.31 Å². The molecule has 3 aromatic rings. The molecule has 1 aliphatic rings. The lowest BCUT2D eigenvalue weighted by Crippen LogP contribution is -2.26. The zero-order chi connectivity index (χ0) is 18.3. The highest BCUT2D eigenvalue weighted by molar-refractivity contribution is 7.89. The molecule has 0 fully saturated rings. The van der Waals surface area contributed by atoms with E-state index in [1.807, 2.05) is 19.1 Å². The molecule has 0 saturated heterocycles. The molecule has 1 aromatic heterocycles. The van der Waals surface area contributed by atoms with E-state index in [2.05, 4.69) is 4.98 Å². The molecule has 7 heteroatoms. The van der Waals surface area contributed by atoms with Gasteiger partial charge in [0.1, 0.15) is 0 Å². The van der Waals surface area contributed by atoms with E-state index < -0.39 is 10.0 Å². The van der Waals surface area contributed by atoms with Crippen molar-refractivity contribution in [3.8, 4) is 11.5 Å². The summed E-state index contributed by atoms with van der Waals surface area (Å²) in [5, 5.41) is 0.630. The van der Waals surface area contributed by atoms with Crippen LogP contribution in [0.3, 0.4) is 0 Å². The van der Waals surface area contributed by atoms with Crippen molar-refractivity contribution in [1.29, 1.82) is 0 Å². The first-order chi connectivity index (χ1) is 12.5. The molecular formula is C19H18N2O4S. The Labute approximate surface area is 152 Å². The summed E-state index contributed by atoms with van der Waals surface area (Å²) in [5.74, 6) is 1.31. The maximum absolute atomic E-state index is 13.1. The Morgan fingerprint density at radius 2 is 1.92 bits per heavy atom. The standard InChI is InChI=1S/C19H18N2O4S/c1-13-5-8-18(15-4-3-9-20-19(13)15)26(22,23)21(2)11-14-6-7-16-17(10-14)25-12-24-16/h3-10H,11-12H2,1-2H3. The predicted molar refractivity (Wildman–Crippen MR) is 97.7 cm³/mol. The molecule has 4 rings (SSSR count). The fourth-order valence-corrected chi connectivity index (χ4v) is 4.40. The van der Waals surface area contributed by atoms with Gasteiger partial charge in [0.05, 0.1) is 10.4 Å². The van der Waals surface area contributed by atoms with Crippen LogP contribution in [0.4, 0.5) is 0 Å². The number of ether oxygens (including phenoxy) is 2. The van der Waals surface area contributed by atoms with Crippen LogP contribution in [0.15, 0.2) is 53.6 Å². The first-order valence-corrected chi connectivity index (χ1v) is 9.60.